The highest BCUT2D eigenvalue weighted by Gasteiger charge is 2.10. The Morgan fingerprint density at radius 2 is 2.19 bits per heavy atom. The van der Waals surface area contributed by atoms with E-state index in [1.165, 1.54) is 0 Å². The van der Waals surface area contributed by atoms with Gasteiger partial charge in [0.25, 0.3) is 0 Å². The van der Waals surface area contributed by atoms with E-state index < -0.39 is 0 Å². The van der Waals surface area contributed by atoms with Crippen LogP contribution in [-0.4, -0.2) is 16.7 Å². The van der Waals surface area contributed by atoms with Gasteiger partial charge in [-0.25, -0.2) is 0 Å². The fourth-order valence-electron chi connectivity index (χ4n) is 1.88. The van der Waals surface area contributed by atoms with Gasteiger partial charge in [-0.2, -0.15) is 4.98 Å². The molecule has 0 aliphatic rings. The minimum Gasteiger partial charge on any atom is -0.484 e. The molecule has 0 saturated carbocycles. The van der Waals surface area contributed by atoms with Crippen molar-refractivity contribution in [2.45, 2.75) is 39.8 Å². The van der Waals surface area contributed by atoms with Gasteiger partial charge >= 0.3 is 0 Å². The van der Waals surface area contributed by atoms with Crippen LogP contribution in [0.15, 0.2) is 27.2 Å². The van der Waals surface area contributed by atoms with Gasteiger partial charge in [0.1, 0.15) is 5.75 Å². The van der Waals surface area contributed by atoms with Gasteiger partial charge in [0.15, 0.2) is 6.61 Å². The van der Waals surface area contributed by atoms with E-state index in [0.29, 0.717) is 18.3 Å². The summed E-state index contributed by atoms with van der Waals surface area (Å²) in [6.07, 6.45) is 1.83. The number of nitrogens with zero attached hydrogens (tertiary/aromatic N) is 2. The summed E-state index contributed by atoms with van der Waals surface area (Å²) in [6.45, 7) is 6.18. The molecule has 2 rings (SSSR count). The molecule has 0 aliphatic carbocycles. The lowest BCUT2D eigenvalue weighted by Crippen LogP contribution is -2.15. The van der Waals surface area contributed by atoms with E-state index in [1.807, 2.05) is 19.1 Å². The van der Waals surface area contributed by atoms with Crippen molar-refractivity contribution in [1.29, 1.82) is 0 Å². The van der Waals surface area contributed by atoms with E-state index in [0.717, 1.165) is 41.7 Å². The maximum Gasteiger partial charge on any atom is 0.226 e. The van der Waals surface area contributed by atoms with Gasteiger partial charge in [0.05, 0.1) is 4.47 Å². The molecule has 114 valence electrons. The van der Waals surface area contributed by atoms with Gasteiger partial charge in [-0.05, 0) is 35.0 Å². The van der Waals surface area contributed by atoms with Gasteiger partial charge in [0.2, 0.25) is 11.7 Å². The summed E-state index contributed by atoms with van der Waals surface area (Å²) in [4.78, 5) is 4.24. The van der Waals surface area contributed by atoms with Gasteiger partial charge in [-0.15, -0.1) is 0 Å². The van der Waals surface area contributed by atoms with Gasteiger partial charge < -0.3 is 14.6 Å². The van der Waals surface area contributed by atoms with Crippen molar-refractivity contribution in [2.24, 2.45) is 0 Å². The molecule has 21 heavy (non-hydrogen) atoms. The molecule has 5 nitrogen and oxygen atoms in total. The molecular weight excluding hydrogens is 334 g/mol. The first kappa shape index (κ1) is 16.0. The highest BCUT2D eigenvalue weighted by atomic mass is 79.9. The first-order valence-corrected chi connectivity index (χ1v) is 7.96. The van der Waals surface area contributed by atoms with Crippen molar-refractivity contribution in [3.05, 3.63) is 40.0 Å². The van der Waals surface area contributed by atoms with Crippen LogP contribution in [0.5, 0.6) is 5.75 Å². The van der Waals surface area contributed by atoms with Crippen LogP contribution in [0.3, 0.4) is 0 Å². The highest BCUT2D eigenvalue weighted by Crippen LogP contribution is 2.29. The summed E-state index contributed by atoms with van der Waals surface area (Å²) in [5.74, 6) is 2.02. The third-order valence-electron chi connectivity index (χ3n) is 2.95. The highest BCUT2D eigenvalue weighted by molar-refractivity contribution is 9.10. The molecule has 0 saturated heterocycles. The summed E-state index contributed by atoms with van der Waals surface area (Å²) < 4.78 is 11.9. The van der Waals surface area contributed by atoms with Crippen LogP contribution in [-0.2, 0) is 19.6 Å². The maximum absolute atomic E-state index is 5.87. The van der Waals surface area contributed by atoms with Crippen LogP contribution in [0.25, 0.3) is 0 Å². The second-order valence-electron chi connectivity index (χ2n) is 4.65. The van der Waals surface area contributed by atoms with Crippen LogP contribution in [0.2, 0.25) is 0 Å². The fourth-order valence-corrected chi connectivity index (χ4v) is 2.40. The molecule has 1 heterocycles. The SMILES string of the molecule is CCCNCc1cccc(Br)c1OCc1noc(CC)n1. The van der Waals surface area contributed by atoms with E-state index in [2.05, 4.69) is 44.4 Å². The molecular formula is C15H20BrN3O2. The fraction of sp³-hybridized carbons (Fsp3) is 0.467. The average molecular weight is 354 g/mol. The Balaban J connectivity index is 2.03. The molecule has 0 atom stereocenters. The zero-order valence-corrected chi connectivity index (χ0v) is 13.9. The number of ether oxygens (including phenoxy) is 1. The Labute approximate surface area is 133 Å². The summed E-state index contributed by atoms with van der Waals surface area (Å²) in [5.41, 5.74) is 1.11. The second-order valence-corrected chi connectivity index (χ2v) is 5.51. The van der Waals surface area contributed by atoms with Crippen molar-refractivity contribution in [1.82, 2.24) is 15.5 Å². The van der Waals surface area contributed by atoms with Crippen molar-refractivity contribution < 1.29 is 9.26 Å². The summed E-state index contributed by atoms with van der Waals surface area (Å²) >= 11 is 3.53. The Morgan fingerprint density at radius 1 is 1.33 bits per heavy atom. The molecule has 0 spiro atoms. The number of aromatic nitrogens is 2. The Hall–Kier alpha value is -1.40. The van der Waals surface area contributed by atoms with Crippen molar-refractivity contribution in [2.75, 3.05) is 6.54 Å². The number of nitrogens with one attached hydrogen (secondary N) is 1. The van der Waals surface area contributed by atoms with Crippen molar-refractivity contribution in [3.63, 3.8) is 0 Å². The number of rotatable bonds is 8. The number of hydrogen-bond acceptors (Lipinski definition) is 5. The predicted octanol–water partition coefficient (Wildman–Crippen LogP) is 3.47. The zero-order valence-electron chi connectivity index (χ0n) is 12.4. The van der Waals surface area contributed by atoms with Gasteiger partial charge in [-0.1, -0.05) is 31.1 Å². The third kappa shape index (κ3) is 4.54. The van der Waals surface area contributed by atoms with E-state index in [4.69, 9.17) is 9.26 Å². The number of hydrogen-bond donors (Lipinski definition) is 1. The summed E-state index contributed by atoms with van der Waals surface area (Å²) in [7, 11) is 0. The zero-order chi connectivity index (χ0) is 15.1. The number of benzene rings is 1. The topological polar surface area (TPSA) is 60.2 Å². The minimum atomic E-state index is 0.299. The lowest BCUT2D eigenvalue weighted by molar-refractivity contribution is 0.280. The number of halogens is 1. The smallest absolute Gasteiger partial charge is 0.226 e. The summed E-state index contributed by atoms with van der Waals surface area (Å²) in [5, 5.41) is 7.27. The van der Waals surface area contributed by atoms with Crippen molar-refractivity contribution in [3.8, 4) is 5.75 Å². The number of aryl methyl sites for hydroxylation is 1. The molecule has 6 heteroatoms. The van der Waals surface area contributed by atoms with E-state index in [9.17, 15) is 0 Å². The maximum atomic E-state index is 5.87. The van der Waals surface area contributed by atoms with Crippen LogP contribution >= 0.6 is 15.9 Å². The lowest BCUT2D eigenvalue weighted by Gasteiger charge is -2.12. The second kappa shape index (κ2) is 8.14. The predicted molar refractivity (Wildman–Crippen MR) is 84.1 cm³/mol. The molecule has 0 amide bonds. The van der Waals surface area contributed by atoms with Crippen LogP contribution in [0.1, 0.15) is 37.5 Å². The first-order chi connectivity index (χ1) is 10.2. The van der Waals surface area contributed by atoms with E-state index in [1.54, 1.807) is 0 Å². The Kier molecular flexibility index (Phi) is 6.20. The van der Waals surface area contributed by atoms with Gasteiger partial charge in [0, 0.05) is 18.5 Å². The Morgan fingerprint density at radius 3 is 2.90 bits per heavy atom. The first-order valence-electron chi connectivity index (χ1n) is 7.17. The Bertz CT molecular complexity index is 572. The van der Waals surface area contributed by atoms with Crippen LogP contribution < -0.4 is 10.1 Å². The van der Waals surface area contributed by atoms with E-state index >= 15 is 0 Å². The molecule has 1 aromatic carbocycles. The van der Waals surface area contributed by atoms with Gasteiger partial charge in [-0.3, -0.25) is 0 Å². The molecule has 0 aliphatic heterocycles. The van der Waals surface area contributed by atoms with Crippen molar-refractivity contribution >= 4 is 15.9 Å². The molecule has 1 aromatic heterocycles. The lowest BCUT2D eigenvalue weighted by atomic mass is 10.2. The van der Waals surface area contributed by atoms with E-state index in [-0.39, 0.29) is 0 Å². The third-order valence-corrected chi connectivity index (χ3v) is 3.57. The average Bonchev–Trinajstić information content (AvgIpc) is 2.95. The molecule has 0 unspecified atom stereocenters. The molecule has 0 fully saturated rings. The monoisotopic (exact) mass is 353 g/mol. The van der Waals surface area contributed by atoms with Crippen LogP contribution in [0, 0.1) is 0 Å². The minimum absolute atomic E-state index is 0.299. The molecule has 0 bridgehead atoms. The number of para-hydroxylation sites is 1. The molecule has 1 N–H and O–H groups in total. The molecule has 2 aromatic rings. The normalized spacial score (nSPS) is 10.8. The quantitative estimate of drug-likeness (QED) is 0.736. The standard InChI is InChI=1S/C15H20BrN3O2/c1-3-8-17-9-11-6-5-7-12(16)15(11)20-10-13-18-14(4-2)21-19-13/h5-7,17H,3-4,8-10H2,1-2H3. The molecule has 0 radical (unpaired) electrons. The largest absolute Gasteiger partial charge is 0.484 e. The van der Waals surface area contributed by atoms with Crippen LogP contribution in [0.4, 0.5) is 0 Å². The summed E-state index contributed by atoms with van der Waals surface area (Å²) in [6, 6.07) is 6.02.